The zero-order valence-electron chi connectivity index (χ0n) is 17.1. The molecule has 1 heterocycles. The number of carbonyl (C=O) groups is 1. The van der Waals surface area contributed by atoms with Crippen LogP contribution in [-0.2, 0) is 19.4 Å². The molecule has 0 bridgehead atoms. The van der Waals surface area contributed by atoms with Crippen LogP contribution < -0.4 is 5.32 Å². The number of amides is 1. The van der Waals surface area contributed by atoms with Gasteiger partial charge in [-0.15, -0.1) is 0 Å². The standard InChI is InChI=1S/C24H33N3O/c1-18(20-13-7-3-8-14-20)25-24(28)23-21-15-9-4-10-16-22(21)27(26-23)17-19-11-5-2-6-12-19/h2,5-6,11-12,18,20H,3-4,7-10,13-17H2,1H3,(H,25,28)/t18-/m1/s1. The number of hydrogen-bond donors (Lipinski definition) is 1. The van der Waals surface area contributed by atoms with Gasteiger partial charge < -0.3 is 5.32 Å². The Morgan fingerprint density at radius 3 is 2.57 bits per heavy atom. The molecule has 28 heavy (non-hydrogen) atoms. The van der Waals surface area contributed by atoms with Crippen molar-refractivity contribution in [3.05, 3.63) is 52.8 Å². The summed E-state index contributed by atoms with van der Waals surface area (Å²) in [7, 11) is 0. The number of aromatic nitrogens is 2. The summed E-state index contributed by atoms with van der Waals surface area (Å²) in [5.74, 6) is 0.644. The van der Waals surface area contributed by atoms with Crippen molar-refractivity contribution in [2.24, 2.45) is 5.92 Å². The van der Waals surface area contributed by atoms with E-state index in [1.54, 1.807) is 0 Å². The molecule has 2 aliphatic carbocycles. The van der Waals surface area contributed by atoms with Crippen molar-refractivity contribution in [2.75, 3.05) is 0 Å². The molecule has 4 nitrogen and oxygen atoms in total. The second-order valence-corrected chi connectivity index (χ2v) is 8.64. The van der Waals surface area contributed by atoms with E-state index < -0.39 is 0 Å². The van der Waals surface area contributed by atoms with E-state index in [-0.39, 0.29) is 11.9 Å². The minimum atomic E-state index is 0.0306. The average molecular weight is 380 g/mol. The number of rotatable bonds is 5. The van der Waals surface area contributed by atoms with Gasteiger partial charge in [0.2, 0.25) is 0 Å². The monoisotopic (exact) mass is 379 g/mol. The molecule has 1 amide bonds. The molecular weight excluding hydrogens is 346 g/mol. The van der Waals surface area contributed by atoms with Crippen LogP contribution in [0.25, 0.3) is 0 Å². The van der Waals surface area contributed by atoms with Crippen LogP contribution in [-0.4, -0.2) is 21.7 Å². The van der Waals surface area contributed by atoms with Crippen LogP contribution in [0.2, 0.25) is 0 Å². The summed E-state index contributed by atoms with van der Waals surface area (Å²) in [5.41, 5.74) is 4.38. The molecule has 1 fully saturated rings. The maximum Gasteiger partial charge on any atom is 0.272 e. The predicted molar refractivity (Wildman–Crippen MR) is 113 cm³/mol. The second-order valence-electron chi connectivity index (χ2n) is 8.64. The van der Waals surface area contributed by atoms with Crippen molar-refractivity contribution in [2.45, 2.75) is 83.7 Å². The third-order valence-electron chi connectivity index (χ3n) is 6.61. The number of nitrogens with zero attached hydrogens (tertiary/aromatic N) is 2. The van der Waals surface area contributed by atoms with Gasteiger partial charge in [0.25, 0.3) is 5.91 Å². The number of nitrogens with one attached hydrogen (secondary N) is 1. The molecule has 4 heteroatoms. The van der Waals surface area contributed by atoms with Gasteiger partial charge in [-0.3, -0.25) is 9.48 Å². The summed E-state index contributed by atoms with van der Waals surface area (Å²) >= 11 is 0. The van der Waals surface area contributed by atoms with Crippen molar-refractivity contribution in [1.29, 1.82) is 0 Å². The van der Waals surface area contributed by atoms with E-state index in [2.05, 4.69) is 41.2 Å². The highest BCUT2D eigenvalue weighted by Gasteiger charge is 2.27. The Morgan fingerprint density at radius 2 is 1.79 bits per heavy atom. The number of hydrogen-bond acceptors (Lipinski definition) is 2. The van der Waals surface area contributed by atoms with Crippen molar-refractivity contribution in [3.8, 4) is 0 Å². The first-order chi connectivity index (χ1) is 13.7. The third-order valence-corrected chi connectivity index (χ3v) is 6.61. The van der Waals surface area contributed by atoms with Crippen LogP contribution in [0.4, 0.5) is 0 Å². The molecule has 1 saturated carbocycles. The maximum atomic E-state index is 13.2. The maximum absolute atomic E-state index is 13.2. The Balaban J connectivity index is 1.56. The largest absolute Gasteiger partial charge is 0.348 e. The first-order valence-corrected chi connectivity index (χ1v) is 11.2. The minimum Gasteiger partial charge on any atom is -0.348 e. The average Bonchev–Trinajstić information content (AvgIpc) is 2.90. The molecule has 150 valence electrons. The molecule has 0 spiro atoms. The van der Waals surface area contributed by atoms with Crippen LogP contribution in [0.3, 0.4) is 0 Å². The van der Waals surface area contributed by atoms with Crippen LogP contribution in [0.1, 0.15) is 85.6 Å². The summed E-state index contributed by atoms with van der Waals surface area (Å²) in [6.45, 7) is 2.92. The molecule has 1 N–H and O–H groups in total. The van der Waals surface area contributed by atoms with Crippen LogP contribution in [0.15, 0.2) is 30.3 Å². The topological polar surface area (TPSA) is 46.9 Å². The Labute approximate surface area is 168 Å². The molecular formula is C24H33N3O. The Bertz CT molecular complexity index is 790. The van der Waals surface area contributed by atoms with Gasteiger partial charge in [0.15, 0.2) is 5.69 Å². The van der Waals surface area contributed by atoms with E-state index in [9.17, 15) is 4.79 Å². The molecule has 1 aromatic heterocycles. The summed E-state index contributed by atoms with van der Waals surface area (Å²) in [6, 6.07) is 10.7. The van der Waals surface area contributed by atoms with Gasteiger partial charge in [0, 0.05) is 17.3 Å². The van der Waals surface area contributed by atoms with Crippen LogP contribution >= 0.6 is 0 Å². The molecule has 4 rings (SSSR count). The Kier molecular flexibility index (Phi) is 6.13. The summed E-state index contributed by atoms with van der Waals surface area (Å²) < 4.78 is 2.09. The van der Waals surface area contributed by atoms with Gasteiger partial charge in [-0.1, -0.05) is 56.0 Å². The molecule has 2 aromatic rings. The zero-order chi connectivity index (χ0) is 19.3. The van der Waals surface area contributed by atoms with Gasteiger partial charge in [0.1, 0.15) is 0 Å². The molecule has 0 aliphatic heterocycles. The van der Waals surface area contributed by atoms with Crippen molar-refractivity contribution in [3.63, 3.8) is 0 Å². The summed E-state index contributed by atoms with van der Waals surface area (Å²) in [6.07, 6.45) is 12.0. The highest BCUT2D eigenvalue weighted by Crippen LogP contribution is 2.28. The molecule has 1 aromatic carbocycles. The lowest BCUT2D eigenvalue weighted by atomic mass is 9.84. The van der Waals surface area contributed by atoms with Crippen molar-refractivity contribution in [1.82, 2.24) is 15.1 Å². The first kappa shape index (κ1) is 19.2. The SMILES string of the molecule is C[C@@H](NC(=O)c1nn(Cc2ccccc2)c2c1CCCCC2)C1CCCCC1. The smallest absolute Gasteiger partial charge is 0.272 e. The highest BCUT2D eigenvalue weighted by molar-refractivity contribution is 5.94. The van der Waals surface area contributed by atoms with E-state index in [0.717, 1.165) is 25.8 Å². The van der Waals surface area contributed by atoms with Gasteiger partial charge in [-0.05, 0) is 56.9 Å². The lowest BCUT2D eigenvalue weighted by molar-refractivity contribution is 0.0912. The lowest BCUT2D eigenvalue weighted by Gasteiger charge is -2.28. The van der Waals surface area contributed by atoms with Gasteiger partial charge >= 0.3 is 0 Å². The number of benzene rings is 1. The van der Waals surface area contributed by atoms with Crippen molar-refractivity contribution >= 4 is 5.91 Å². The summed E-state index contributed by atoms with van der Waals surface area (Å²) in [5, 5.41) is 8.13. The van der Waals surface area contributed by atoms with Gasteiger partial charge in [-0.2, -0.15) is 5.10 Å². The van der Waals surface area contributed by atoms with E-state index in [1.165, 1.54) is 61.8 Å². The van der Waals surface area contributed by atoms with Crippen LogP contribution in [0, 0.1) is 5.92 Å². The highest BCUT2D eigenvalue weighted by atomic mass is 16.2. The van der Waals surface area contributed by atoms with E-state index in [4.69, 9.17) is 5.10 Å². The molecule has 0 unspecified atom stereocenters. The zero-order valence-corrected chi connectivity index (χ0v) is 17.1. The lowest BCUT2D eigenvalue weighted by Crippen LogP contribution is -2.39. The fraction of sp³-hybridized carbons (Fsp3) is 0.583. The predicted octanol–water partition coefficient (Wildman–Crippen LogP) is 4.90. The molecule has 0 saturated heterocycles. The van der Waals surface area contributed by atoms with Gasteiger partial charge in [0.05, 0.1) is 6.54 Å². The summed E-state index contributed by atoms with van der Waals surface area (Å²) in [4.78, 5) is 13.2. The fourth-order valence-electron chi connectivity index (χ4n) is 4.94. The third kappa shape index (κ3) is 4.31. The van der Waals surface area contributed by atoms with E-state index in [1.807, 2.05) is 6.07 Å². The Morgan fingerprint density at radius 1 is 1.07 bits per heavy atom. The normalized spacial score (nSPS) is 18.9. The van der Waals surface area contributed by atoms with E-state index >= 15 is 0 Å². The van der Waals surface area contributed by atoms with Gasteiger partial charge in [-0.25, -0.2) is 0 Å². The van der Waals surface area contributed by atoms with Crippen molar-refractivity contribution < 1.29 is 4.79 Å². The minimum absolute atomic E-state index is 0.0306. The Hall–Kier alpha value is -2.10. The molecule has 1 atom stereocenters. The molecule has 2 aliphatic rings. The van der Waals surface area contributed by atoms with Crippen LogP contribution in [0.5, 0.6) is 0 Å². The number of fused-ring (bicyclic) bond motifs is 1. The fourth-order valence-corrected chi connectivity index (χ4v) is 4.94. The van der Waals surface area contributed by atoms with E-state index in [0.29, 0.717) is 11.6 Å². The first-order valence-electron chi connectivity index (χ1n) is 11.2. The second kappa shape index (κ2) is 8.93. The molecule has 0 radical (unpaired) electrons. The number of carbonyl (C=O) groups excluding carboxylic acids is 1. The quantitative estimate of drug-likeness (QED) is 0.751.